The second-order valence-electron chi connectivity index (χ2n) is 4.28. The molecule has 1 aromatic rings. The zero-order valence-corrected chi connectivity index (χ0v) is 11.2. The summed E-state index contributed by atoms with van der Waals surface area (Å²) in [7, 11) is 0. The van der Waals surface area contributed by atoms with E-state index in [0.29, 0.717) is 0 Å². The van der Waals surface area contributed by atoms with Gasteiger partial charge < -0.3 is 10.6 Å². The predicted octanol–water partition coefficient (Wildman–Crippen LogP) is 3.30. The lowest BCUT2D eigenvalue weighted by Gasteiger charge is -2.12. The third-order valence-corrected chi connectivity index (χ3v) is 2.56. The van der Waals surface area contributed by atoms with Crippen LogP contribution in [0.3, 0.4) is 0 Å². The Kier molecular flexibility index (Phi) is 5.20. The maximum atomic E-state index is 12.6. The van der Waals surface area contributed by atoms with Crippen molar-refractivity contribution in [2.45, 2.75) is 26.1 Å². The summed E-state index contributed by atoms with van der Waals surface area (Å²) in [6.07, 6.45) is -4.55. The molecule has 0 spiro atoms. The first-order chi connectivity index (χ1) is 8.70. The van der Waals surface area contributed by atoms with E-state index in [1.807, 2.05) is 13.8 Å². The van der Waals surface area contributed by atoms with E-state index in [-0.39, 0.29) is 18.3 Å². The lowest BCUT2D eigenvalue weighted by atomic mass is 10.2. The van der Waals surface area contributed by atoms with Gasteiger partial charge in [-0.2, -0.15) is 13.2 Å². The molecule has 2 N–H and O–H groups in total. The van der Waals surface area contributed by atoms with Gasteiger partial charge in [-0.05, 0) is 18.2 Å². The summed E-state index contributed by atoms with van der Waals surface area (Å²) >= 11 is 5.48. The Morgan fingerprint density at radius 2 is 2.00 bits per heavy atom. The average Bonchev–Trinajstić information content (AvgIpc) is 2.27. The fraction of sp³-hybridized carbons (Fsp3) is 0.417. The number of anilines is 1. The minimum Gasteiger partial charge on any atom is -0.325 e. The van der Waals surface area contributed by atoms with Crippen molar-refractivity contribution in [2.75, 3.05) is 11.9 Å². The van der Waals surface area contributed by atoms with Gasteiger partial charge in [-0.1, -0.05) is 25.4 Å². The fourth-order valence-electron chi connectivity index (χ4n) is 1.32. The lowest BCUT2D eigenvalue weighted by Crippen LogP contribution is -2.32. The Labute approximate surface area is 114 Å². The quantitative estimate of drug-likeness (QED) is 0.894. The molecule has 3 nitrogen and oxygen atoms in total. The van der Waals surface area contributed by atoms with E-state index in [1.165, 1.54) is 6.07 Å². The van der Waals surface area contributed by atoms with E-state index in [0.717, 1.165) is 12.1 Å². The monoisotopic (exact) mass is 294 g/mol. The van der Waals surface area contributed by atoms with Crippen LogP contribution < -0.4 is 10.6 Å². The summed E-state index contributed by atoms with van der Waals surface area (Å²) in [5, 5.41) is 4.84. The Morgan fingerprint density at radius 3 is 2.53 bits per heavy atom. The lowest BCUT2D eigenvalue weighted by molar-refractivity contribution is -0.137. The smallest absolute Gasteiger partial charge is 0.325 e. The van der Waals surface area contributed by atoms with Crippen LogP contribution in [0.2, 0.25) is 5.02 Å². The van der Waals surface area contributed by atoms with Gasteiger partial charge in [0.2, 0.25) is 5.91 Å². The summed E-state index contributed by atoms with van der Waals surface area (Å²) in [5.74, 6) is -0.413. The van der Waals surface area contributed by atoms with Crippen molar-refractivity contribution in [2.24, 2.45) is 0 Å². The topological polar surface area (TPSA) is 41.1 Å². The number of amides is 1. The molecular weight excluding hydrogens is 281 g/mol. The van der Waals surface area contributed by atoms with Gasteiger partial charge in [0.25, 0.3) is 0 Å². The SMILES string of the molecule is CC(C)NCC(=O)Nc1ccc(Cl)c(C(F)(F)F)c1. The molecule has 0 aromatic heterocycles. The first kappa shape index (κ1) is 15.8. The minimum atomic E-state index is -4.55. The highest BCUT2D eigenvalue weighted by molar-refractivity contribution is 6.31. The predicted molar refractivity (Wildman–Crippen MR) is 68.2 cm³/mol. The van der Waals surface area contributed by atoms with E-state index in [2.05, 4.69) is 10.6 Å². The van der Waals surface area contributed by atoms with Crippen LogP contribution in [0.1, 0.15) is 19.4 Å². The van der Waals surface area contributed by atoms with E-state index < -0.39 is 22.7 Å². The molecule has 0 aliphatic heterocycles. The fourth-order valence-corrected chi connectivity index (χ4v) is 1.55. The third-order valence-electron chi connectivity index (χ3n) is 2.23. The summed E-state index contributed by atoms with van der Waals surface area (Å²) in [6.45, 7) is 3.75. The summed E-state index contributed by atoms with van der Waals surface area (Å²) in [6, 6.07) is 3.36. The van der Waals surface area contributed by atoms with Crippen LogP contribution in [-0.4, -0.2) is 18.5 Å². The van der Waals surface area contributed by atoms with Crippen LogP contribution in [0.5, 0.6) is 0 Å². The van der Waals surface area contributed by atoms with Gasteiger partial charge in [0.1, 0.15) is 0 Å². The number of nitrogens with one attached hydrogen (secondary N) is 2. The number of rotatable bonds is 4. The summed E-state index contributed by atoms with van der Waals surface area (Å²) in [5.41, 5.74) is -0.906. The van der Waals surface area contributed by atoms with Gasteiger partial charge >= 0.3 is 6.18 Å². The van der Waals surface area contributed by atoms with Gasteiger partial charge in [0, 0.05) is 11.7 Å². The Bertz CT molecular complexity index is 461. The Balaban J connectivity index is 2.78. The number of alkyl halides is 3. The minimum absolute atomic E-state index is 0.0294. The van der Waals surface area contributed by atoms with E-state index in [1.54, 1.807) is 0 Å². The molecule has 0 bridgehead atoms. The zero-order valence-electron chi connectivity index (χ0n) is 10.4. The Hall–Kier alpha value is -1.27. The van der Waals surface area contributed by atoms with E-state index in [4.69, 9.17) is 11.6 Å². The number of hydrogen-bond acceptors (Lipinski definition) is 2. The van der Waals surface area contributed by atoms with Crippen LogP contribution >= 0.6 is 11.6 Å². The summed E-state index contributed by atoms with van der Waals surface area (Å²) in [4.78, 5) is 11.5. The third kappa shape index (κ3) is 5.08. The van der Waals surface area contributed by atoms with Crippen molar-refractivity contribution in [3.8, 4) is 0 Å². The Morgan fingerprint density at radius 1 is 1.37 bits per heavy atom. The molecule has 0 saturated heterocycles. The molecule has 0 aliphatic carbocycles. The highest BCUT2D eigenvalue weighted by atomic mass is 35.5. The van der Waals surface area contributed by atoms with Crippen molar-refractivity contribution < 1.29 is 18.0 Å². The molecule has 0 fully saturated rings. The number of benzene rings is 1. The van der Waals surface area contributed by atoms with Crippen LogP contribution in [0.15, 0.2) is 18.2 Å². The van der Waals surface area contributed by atoms with Gasteiger partial charge in [0.15, 0.2) is 0 Å². The van der Waals surface area contributed by atoms with Crippen LogP contribution in [0, 0.1) is 0 Å². The van der Waals surface area contributed by atoms with Crippen molar-refractivity contribution >= 4 is 23.2 Å². The second kappa shape index (κ2) is 6.25. The molecule has 106 valence electrons. The van der Waals surface area contributed by atoms with Gasteiger partial charge in [-0.15, -0.1) is 0 Å². The summed E-state index contributed by atoms with van der Waals surface area (Å²) < 4.78 is 37.8. The van der Waals surface area contributed by atoms with Crippen LogP contribution in [0.4, 0.5) is 18.9 Å². The molecule has 0 atom stereocenters. The first-order valence-electron chi connectivity index (χ1n) is 5.60. The molecule has 0 saturated carbocycles. The number of carbonyl (C=O) groups is 1. The molecular formula is C12H14ClF3N2O. The van der Waals surface area contributed by atoms with Crippen molar-refractivity contribution in [3.05, 3.63) is 28.8 Å². The van der Waals surface area contributed by atoms with Crippen molar-refractivity contribution in [3.63, 3.8) is 0 Å². The molecule has 1 aromatic carbocycles. The van der Waals surface area contributed by atoms with Gasteiger partial charge in [0.05, 0.1) is 17.1 Å². The van der Waals surface area contributed by atoms with Crippen LogP contribution in [-0.2, 0) is 11.0 Å². The highest BCUT2D eigenvalue weighted by Crippen LogP contribution is 2.36. The van der Waals surface area contributed by atoms with Crippen molar-refractivity contribution in [1.82, 2.24) is 5.32 Å². The standard InChI is InChI=1S/C12H14ClF3N2O/c1-7(2)17-6-11(19)18-8-3-4-10(13)9(5-8)12(14,15)16/h3-5,7,17H,6H2,1-2H3,(H,18,19). The number of hydrogen-bond donors (Lipinski definition) is 2. The molecule has 19 heavy (non-hydrogen) atoms. The maximum absolute atomic E-state index is 12.6. The zero-order chi connectivity index (χ0) is 14.6. The number of carbonyl (C=O) groups excluding carboxylic acids is 1. The van der Waals surface area contributed by atoms with Crippen LogP contribution in [0.25, 0.3) is 0 Å². The van der Waals surface area contributed by atoms with Gasteiger partial charge in [-0.25, -0.2) is 0 Å². The van der Waals surface area contributed by atoms with E-state index in [9.17, 15) is 18.0 Å². The largest absolute Gasteiger partial charge is 0.417 e. The molecule has 1 amide bonds. The first-order valence-corrected chi connectivity index (χ1v) is 5.98. The molecule has 1 rings (SSSR count). The average molecular weight is 295 g/mol. The van der Waals surface area contributed by atoms with Crippen molar-refractivity contribution in [1.29, 1.82) is 0 Å². The highest BCUT2D eigenvalue weighted by Gasteiger charge is 2.33. The molecule has 0 heterocycles. The molecule has 0 unspecified atom stereocenters. The van der Waals surface area contributed by atoms with E-state index >= 15 is 0 Å². The maximum Gasteiger partial charge on any atom is 0.417 e. The molecule has 7 heteroatoms. The second-order valence-corrected chi connectivity index (χ2v) is 4.68. The van der Waals surface area contributed by atoms with Gasteiger partial charge in [-0.3, -0.25) is 4.79 Å². The molecule has 0 radical (unpaired) electrons. The normalized spacial score (nSPS) is 11.7. The number of halogens is 4. The molecule has 0 aliphatic rings.